The van der Waals surface area contributed by atoms with Crippen LogP contribution in [0.3, 0.4) is 0 Å². The van der Waals surface area contributed by atoms with Gasteiger partial charge in [-0.25, -0.2) is 9.59 Å². The minimum atomic E-state index is -1.07. The highest BCUT2D eigenvalue weighted by Gasteiger charge is 2.41. The summed E-state index contributed by atoms with van der Waals surface area (Å²) in [4.78, 5) is 31.5. The molecule has 0 saturated heterocycles. The number of carboxylic acid groups (broad SMARTS) is 1. The van der Waals surface area contributed by atoms with Gasteiger partial charge in [-0.2, -0.15) is 0 Å². The highest BCUT2D eigenvalue weighted by atomic mass is 35.5. The molecule has 0 aliphatic carbocycles. The SMILES string of the molecule is COC(=O)C1=C(CCN(C)C)N(C)C(CCN(C)C)=C(C(=O)O)C1c1ccccc1Cl.Cl.Cl. The summed E-state index contributed by atoms with van der Waals surface area (Å²) < 4.78 is 5.12. The lowest BCUT2D eigenvalue weighted by atomic mass is 9.78. The highest BCUT2D eigenvalue weighted by Crippen LogP contribution is 2.45. The molecular formula is C23H34Cl3N3O4. The topological polar surface area (TPSA) is 73.3 Å². The van der Waals surface area contributed by atoms with Crippen LogP contribution in [-0.4, -0.2) is 87.2 Å². The molecule has 1 unspecified atom stereocenters. The Morgan fingerprint density at radius 1 is 1.00 bits per heavy atom. The number of aliphatic carboxylic acids is 1. The molecule has 1 N–H and O–H groups in total. The smallest absolute Gasteiger partial charge is 0.336 e. The van der Waals surface area contributed by atoms with Gasteiger partial charge >= 0.3 is 11.9 Å². The molecule has 7 nitrogen and oxygen atoms in total. The van der Waals surface area contributed by atoms with Crippen molar-refractivity contribution in [3.05, 3.63) is 57.4 Å². The number of benzene rings is 1. The summed E-state index contributed by atoms with van der Waals surface area (Å²) in [5, 5.41) is 10.7. The van der Waals surface area contributed by atoms with Crippen molar-refractivity contribution in [3.63, 3.8) is 0 Å². The third kappa shape index (κ3) is 7.36. The molecule has 1 aromatic rings. The quantitative estimate of drug-likeness (QED) is 0.493. The minimum Gasteiger partial charge on any atom is -0.478 e. The summed E-state index contributed by atoms with van der Waals surface area (Å²) >= 11 is 6.51. The van der Waals surface area contributed by atoms with E-state index in [0.717, 1.165) is 5.70 Å². The Bertz CT molecular complexity index is 901. The van der Waals surface area contributed by atoms with Crippen LogP contribution >= 0.6 is 36.4 Å². The average molecular weight is 523 g/mol. The first kappa shape index (κ1) is 31.2. The second-order valence-corrected chi connectivity index (χ2v) is 8.54. The van der Waals surface area contributed by atoms with E-state index in [-0.39, 0.29) is 30.4 Å². The molecule has 0 radical (unpaired) electrons. The molecule has 186 valence electrons. The van der Waals surface area contributed by atoms with Crippen molar-refractivity contribution in [1.29, 1.82) is 0 Å². The van der Waals surface area contributed by atoms with Crippen LogP contribution in [0.15, 0.2) is 46.8 Å². The molecule has 0 aromatic heterocycles. The van der Waals surface area contributed by atoms with Gasteiger partial charge < -0.3 is 24.5 Å². The van der Waals surface area contributed by atoms with Crippen LogP contribution in [0.4, 0.5) is 0 Å². The summed E-state index contributed by atoms with van der Waals surface area (Å²) in [6, 6.07) is 7.07. The first-order chi connectivity index (χ1) is 14.6. The van der Waals surface area contributed by atoms with E-state index in [4.69, 9.17) is 16.3 Å². The zero-order chi connectivity index (χ0) is 23.3. The predicted octanol–water partition coefficient (Wildman–Crippen LogP) is 3.88. The van der Waals surface area contributed by atoms with Crippen LogP contribution in [0.5, 0.6) is 0 Å². The van der Waals surface area contributed by atoms with E-state index in [2.05, 4.69) is 0 Å². The number of hydrogen-bond donors (Lipinski definition) is 1. The molecule has 2 rings (SSSR count). The van der Waals surface area contributed by atoms with Crippen molar-refractivity contribution < 1.29 is 19.4 Å². The Balaban J connectivity index is 0.00000512. The van der Waals surface area contributed by atoms with E-state index >= 15 is 0 Å². The van der Waals surface area contributed by atoms with Crippen LogP contribution < -0.4 is 0 Å². The number of rotatable bonds is 9. The van der Waals surface area contributed by atoms with Crippen molar-refractivity contribution in [2.45, 2.75) is 18.8 Å². The van der Waals surface area contributed by atoms with Gasteiger partial charge in [0.2, 0.25) is 0 Å². The van der Waals surface area contributed by atoms with Crippen molar-refractivity contribution in [1.82, 2.24) is 14.7 Å². The Morgan fingerprint density at radius 2 is 1.48 bits per heavy atom. The zero-order valence-electron chi connectivity index (χ0n) is 19.9. The normalized spacial score (nSPS) is 16.0. The summed E-state index contributed by atoms with van der Waals surface area (Å²) in [5.41, 5.74) is 2.49. The van der Waals surface area contributed by atoms with Gasteiger partial charge in [0.15, 0.2) is 0 Å². The number of carbonyl (C=O) groups is 2. The fourth-order valence-corrected chi connectivity index (χ4v) is 4.12. The Kier molecular flexibility index (Phi) is 13.1. The summed E-state index contributed by atoms with van der Waals surface area (Å²) in [7, 11) is 10.9. The van der Waals surface area contributed by atoms with E-state index in [1.807, 2.05) is 49.9 Å². The molecule has 1 aliphatic heterocycles. The molecule has 1 aromatic carbocycles. The number of nitrogens with zero attached hydrogens (tertiary/aromatic N) is 3. The van der Waals surface area contributed by atoms with E-state index in [9.17, 15) is 14.7 Å². The van der Waals surface area contributed by atoms with Crippen LogP contribution in [-0.2, 0) is 14.3 Å². The van der Waals surface area contributed by atoms with E-state index in [1.165, 1.54) is 7.11 Å². The fraction of sp³-hybridized carbons (Fsp3) is 0.478. The molecule has 1 heterocycles. The molecule has 1 atom stereocenters. The lowest BCUT2D eigenvalue weighted by Crippen LogP contribution is -2.36. The molecule has 0 amide bonds. The maximum Gasteiger partial charge on any atom is 0.336 e. The molecule has 0 bridgehead atoms. The fourth-order valence-electron chi connectivity index (χ4n) is 3.88. The van der Waals surface area contributed by atoms with Crippen molar-refractivity contribution in [2.75, 3.05) is 55.4 Å². The molecule has 1 aliphatic rings. The molecule has 0 fully saturated rings. The lowest BCUT2D eigenvalue weighted by Gasteiger charge is -2.38. The van der Waals surface area contributed by atoms with Gasteiger partial charge in [-0.15, -0.1) is 24.8 Å². The molecular weight excluding hydrogens is 489 g/mol. The maximum atomic E-state index is 13.0. The number of carbonyl (C=O) groups excluding carboxylic acids is 1. The van der Waals surface area contributed by atoms with Crippen molar-refractivity contribution >= 4 is 48.4 Å². The third-order valence-corrected chi connectivity index (χ3v) is 5.80. The Morgan fingerprint density at radius 3 is 1.91 bits per heavy atom. The standard InChI is InChI=1S/C23H32ClN3O4.2ClH/c1-25(2)13-11-17-20(22(28)29)19(15-9-7-8-10-16(15)24)21(23(30)31-6)18(27(17)5)12-14-26(3)4;;/h7-10,19H,11-14H2,1-6H3,(H,28,29);2*1H. The van der Waals surface area contributed by atoms with E-state index < -0.39 is 17.9 Å². The van der Waals surface area contributed by atoms with Gasteiger partial charge in [0.1, 0.15) is 0 Å². The Hall–Kier alpha value is -1.77. The predicted molar refractivity (Wildman–Crippen MR) is 136 cm³/mol. The lowest BCUT2D eigenvalue weighted by molar-refractivity contribution is -0.136. The second kappa shape index (κ2) is 13.8. The van der Waals surface area contributed by atoms with Gasteiger partial charge in [-0.3, -0.25) is 0 Å². The number of carboxylic acids is 1. The van der Waals surface area contributed by atoms with Crippen LogP contribution in [0, 0.1) is 0 Å². The van der Waals surface area contributed by atoms with E-state index in [1.54, 1.807) is 24.3 Å². The van der Waals surface area contributed by atoms with Gasteiger partial charge in [0, 0.05) is 49.4 Å². The van der Waals surface area contributed by atoms with Crippen LogP contribution in [0.25, 0.3) is 0 Å². The minimum absolute atomic E-state index is 0. The molecule has 33 heavy (non-hydrogen) atoms. The van der Waals surface area contributed by atoms with Crippen molar-refractivity contribution in [3.8, 4) is 0 Å². The van der Waals surface area contributed by atoms with Gasteiger partial charge in [0.05, 0.1) is 24.2 Å². The summed E-state index contributed by atoms with van der Waals surface area (Å²) in [6.07, 6.45) is 1.08. The van der Waals surface area contributed by atoms with Crippen molar-refractivity contribution in [2.24, 2.45) is 0 Å². The van der Waals surface area contributed by atoms with E-state index in [0.29, 0.717) is 47.8 Å². The van der Waals surface area contributed by atoms with Crippen LogP contribution in [0.1, 0.15) is 24.3 Å². The number of ether oxygens (including phenoxy) is 1. The summed E-state index contributed by atoms with van der Waals surface area (Å²) in [6.45, 7) is 1.36. The molecule has 0 saturated carbocycles. The maximum absolute atomic E-state index is 13.0. The third-order valence-electron chi connectivity index (χ3n) is 5.45. The van der Waals surface area contributed by atoms with Crippen LogP contribution in [0.2, 0.25) is 5.02 Å². The summed E-state index contributed by atoms with van der Waals surface area (Å²) in [5.74, 6) is -2.43. The first-order valence-corrected chi connectivity index (χ1v) is 10.5. The van der Waals surface area contributed by atoms with Gasteiger partial charge in [-0.1, -0.05) is 29.8 Å². The first-order valence-electron chi connectivity index (χ1n) is 10.1. The molecule has 0 spiro atoms. The highest BCUT2D eigenvalue weighted by molar-refractivity contribution is 6.31. The number of methoxy groups -OCH3 is 1. The number of hydrogen-bond acceptors (Lipinski definition) is 6. The number of halogens is 3. The molecule has 10 heteroatoms. The van der Waals surface area contributed by atoms with Gasteiger partial charge in [0.25, 0.3) is 0 Å². The monoisotopic (exact) mass is 521 g/mol. The zero-order valence-corrected chi connectivity index (χ0v) is 22.3. The van der Waals surface area contributed by atoms with Gasteiger partial charge in [-0.05, 0) is 39.8 Å². The largest absolute Gasteiger partial charge is 0.478 e. The number of esters is 1. The average Bonchev–Trinajstić information content (AvgIpc) is 2.70. The second-order valence-electron chi connectivity index (χ2n) is 8.14. The Labute approximate surface area is 213 Å².